The Hall–Kier alpha value is -2.01. The van der Waals surface area contributed by atoms with E-state index in [0.717, 1.165) is 28.2 Å². The number of anilines is 1. The average molecular weight is 303 g/mol. The first-order chi connectivity index (χ1) is 9.88. The normalized spacial score (nSPS) is 12.0. The van der Waals surface area contributed by atoms with E-state index in [1.165, 1.54) is 12.1 Å². The van der Waals surface area contributed by atoms with Crippen molar-refractivity contribution in [2.75, 3.05) is 5.32 Å². The van der Waals surface area contributed by atoms with Crippen LogP contribution in [0.15, 0.2) is 30.3 Å². The van der Waals surface area contributed by atoms with Crippen LogP contribution in [0.25, 0.3) is 0 Å². The Morgan fingerprint density at radius 2 is 2.05 bits per heavy atom. The van der Waals surface area contributed by atoms with Crippen molar-refractivity contribution in [1.82, 2.24) is 4.98 Å². The van der Waals surface area contributed by atoms with Crippen LogP contribution in [-0.2, 0) is 0 Å². The summed E-state index contributed by atoms with van der Waals surface area (Å²) in [7, 11) is 0. The molecule has 0 radical (unpaired) electrons. The van der Waals surface area contributed by atoms with E-state index in [1.807, 2.05) is 32.9 Å². The number of thiocarbonyl (C=S) groups is 1. The number of hydrogen-bond donors (Lipinski definition) is 2. The molecule has 0 saturated carbocycles. The fourth-order valence-electron chi connectivity index (χ4n) is 2.35. The second kappa shape index (κ2) is 6.18. The lowest BCUT2D eigenvalue weighted by Gasteiger charge is -2.20. The van der Waals surface area contributed by atoms with Crippen LogP contribution in [-0.4, -0.2) is 9.97 Å². The van der Waals surface area contributed by atoms with Crippen molar-refractivity contribution in [1.29, 1.82) is 0 Å². The molecule has 0 aliphatic rings. The molecule has 21 heavy (non-hydrogen) atoms. The maximum atomic E-state index is 13.3. The minimum Gasteiger partial charge on any atom is -0.389 e. The fourth-order valence-corrected chi connectivity index (χ4v) is 2.60. The van der Waals surface area contributed by atoms with Gasteiger partial charge in [-0.05, 0) is 44.5 Å². The highest BCUT2D eigenvalue weighted by Crippen LogP contribution is 2.25. The molecule has 0 fully saturated rings. The van der Waals surface area contributed by atoms with Gasteiger partial charge in [0.1, 0.15) is 10.8 Å². The van der Waals surface area contributed by atoms with Gasteiger partial charge in [-0.2, -0.15) is 0 Å². The van der Waals surface area contributed by atoms with Crippen LogP contribution in [0, 0.1) is 19.7 Å². The predicted molar refractivity (Wildman–Crippen MR) is 88.0 cm³/mol. The van der Waals surface area contributed by atoms with E-state index in [-0.39, 0.29) is 11.9 Å². The molecular formula is C16H18FN3S. The zero-order valence-electron chi connectivity index (χ0n) is 12.3. The maximum absolute atomic E-state index is 13.3. The molecule has 1 unspecified atom stereocenters. The molecule has 0 spiro atoms. The van der Waals surface area contributed by atoms with Gasteiger partial charge in [0, 0.05) is 23.1 Å². The molecule has 0 aliphatic heterocycles. The monoisotopic (exact) mass is 303 g/mol. The lowest BCUT2D eigenvalue weighted by Crippen LogP contribution is -2.18. The van der Waals surface area contributed by atoms with E-state index >= 15 is 0 Å². The lowest BCUT2D eigenvalue weighted by molar-refractivity contribution is 0.623. The van der Waals surface area contributed by atoms with Gasteiger partial charge < -0.3 is 11.1 Å². The molecule has 2 rings (SSSR count). The van der Waals surface area contributed by atoms with Crippen molar-refractivity contribution < 1.29 is 4.39 Å². The first kappa shape index (κ1) is 15.4. The van der Waals surface area contributed by atoms with Gasteiger partial charge in [-0.1, -0.05) is 24.4 Å². The van der Waals surface area contributed by atoms with Crippen LogP contribution < -0.4 is 11.1 Å². The van der Waals surface area contributed by atoms with Gasteiger partial charge in [-0.25, -0.2) is 4.39 Å². The number of rotatable bonds is 4. The van der Waals surface area contributed by atoms with Gasteiger partial charge in [0.15, 0.2) is 0 Å². The first-order valence-corrected chi connectivity index (χ1v) is 7.09. The third-order valence-electron chi connectivity index (χ3n) is 3.30. The standard InChI is InChI=1S/C16H18FN3S/c1-9-7-14(15(16(18)21)11(3)19-9)20-10(2)12-5-4-6-13(17)8-12/h4-8,10H,1-3H3,(H2,18,21)(H,19,20). The summed E-state index contributed by atoms with van der Waals surface area (Å²) in [5, 5.41) is 3.34. The van der Waals surface area contributed by atoms with Gasteiger partial charge in [0.25, 0.3) is 0 Å². The number of nitrogens with two attached hydrogens (primary N) is 1. The molecule has 0 aliphatic carbocycles. The Labute approximate surface area is 129 Å². The number of halogens is 1. The number of aryl methyl sites for hydroxylation is 2. The number of nitrogens with zero attached hydrogens (tertiary/aromatic N) is 1. The van der Waals surface area contributed by atoms with Gasteiger partial charge in [-0.15, -0.1) is 0 Å². The van der Waals surface area contributed by atoms with E-state index in [0.29, 0.717) is 4.99 Å². The first-order valence-electron chi connectivity index (χ1n) is 6.68. The number of benzene rings is 1. The summed E-state index contributed by atoms with van der Waals surface area (Å²) in [6.45, 7) is 5.75. The van der Waals surface area contributed by atoms with E-state index in [9.17, 15) is 4.39 Å². The molecule has 110 valence electrons. The Morgan fingerprint density at radius 3 is 2.67 bits per heavy atom. The van der Waals surface area contributed by atoms with Crippen LogP contribution in [0.4, 0.5) is 10.1 Å². The Kier molecular flexibility index (Phi) is 4.53. The highest BCUT2D eigenvalue weighted by atomic mass is 32.1. The summed E-state index contributed by atoms with van der Waals surface area (Å²) in [4.78, 5) is 4.68. The van der Waals surface area contributed by atoms with Crippen molar-refractivity contribution in [2.45, 2.75) is 26.8 Å². The van der Waals surface area contributed by atoms with E-state index in [1.54, 1.807) is 6.07 Å². The third-order valence-corrected chi connectivity index (χ3v) is 3.50. The predicted octanol–water partition coefficient (Wildman–Crippen LogP) is 3.64. The molecule has 0 amide bonds. The zero-order valence-corrected chi connectivity index (χ0v) is 13.1. The molecule has 3 nitrogen and oxygen atoms in total. The number of hydrogen-bond acceptors (Lipinski definition) is 3. The third kappa shape index (κ3) is 3.55. The lowest BCUT2D eigenvalue weighted by atomic mass is 10.1. The molecule has 1 aromatic heterocycles. The Balaban J connectivity index is 2.37. The topological polar surface area (TPSA) is 50.9 Å². The van der Waals surface area contributed by atoms with Crippen LogP contribution in [0.3, 0.4) is 0 Å². The quantitative estimate of drug-likeness (QED) is 0.847. The summed E-state index contributed by atoms with van der Waals surface area (Å²) in [5.41, 5.74) is 9.88. The SMILES string of the molecule is Cc1cc(NC(C)c2cccc(F)c2)c(C(N)=S)c(C)n1. The van der Waals surface area contributed by atoms with Gasteiger partial charge >= 0.3 is 0 Å². The smallest absolute Gasteiger partial charge is 0.123 e. The molecule has 0 saturated heterocycles. The van der Waals surface area contributed by atoms with Gasteiger partial charge in [0.2, 0.25) is 0 Å². The van der Waals surface area contributed by atoms with E-state index < -0.39 is 0 Å². The van der Waals surface area contributed by atoms with Crippen LogP contribution in [0.5, 0.6) is 0 Å². The highest BCUT2D eigenvalue weighted by Gasteiger charge is 2.14. The molecule has 1 heterocycles. The maximum Gasteiger partial charge on any atom is 0.123 e. The number of aromatic nitrogens is 1. The molecular weight excluding hydrogens is 285 g/mol. The van der Waals surface area contributed by atoms with Crippen molar-refractivity contribution in [3.05, 3.63) is 58.7 Å². The summed E-state index contributed by atoms with van der Waals surface area (Å²) in [5.74, 6) is -0.252. The Morgan fingerprint density at radius 1 is 1.33 bits per heavy atom. The Bertz CT molecular complexity index is 685. The van der Waals surface area contributed by atoms with E-state index in [2.05, 4.69) is 10.3 Å². The minimum atomic E-state index is -0.252. The molecule has 3 N–H and O–H groups in total. The molecule has 1 atom stereocenters. The average Bonchev–Trinajstić information content (AvgIpc) is 2.37. The summed E-state index contributed by atoms with van der Waals surface area (Å²) in [6, 6.07) is 8.34. The number of pyridine rings is 1. The largest absolute Gasteiger partial charge is 0.389 e. The van der Waals surface area contributed by atoms with Gasteiger partial charge in [0.05, 0.1) is 5.56 Å². The minimum absolute atomic E-state index is 0.0741. The zero-order chi connectivity index (χ0) is 15.6. The van der Waals surface area contributed by atoms with Crippen molar-refractivity contribution >= 4 is 22.9 Å². The van der Waals surface area contributed by atoms with E-state index in [4.69, 9.17) is 18.0 Å². The summed E-state index contributed by atoms with van der Waals surface area (Å²) < 4.78 is 13.3. The second-order valence-corrected chi connectivity index (χ2v) is 5.50. The molecule has 2 aromatic rings. The van der Waals surface area contributed by atoms with Crippen molar-refractivity contribution in [2.24, 2.45) is 5.73 Å². The van der Waals surface area contributed by atoms with Crippen LogP contribution >= 0.6 is 12.2 Å². The summed E-state index contributed by atoms with van der Waals surface area (Å²) in [6.07, 6.45) is 0. The summed E-state index contributed by atoms with van der Waals surface area (Å²) >= 11 is 5.11. The number of nitrogens with one attached hydrogen (secondary N) is 1. The highest BCUT2D eigenvalue weighted by molar-refractivity contribution is 7.80. The molecule has 5 heteroatoms. The second-order valence-electron chi connectivity index (χ2n) is 5.06. The molecule has 0 bridgehead atoms. The van der Waals surface area contributed by atoms with Gasteiger partial charge in [-0.3, -0.25) is 4.98 Å². The van der Waals surface area contributed by atoms with Crippen LogP contribution in [0.2, 0.25) is 0 Å². The molecule has 1 aromatic carbocycles. The van der Waals surface area contributed by atoms with Crippen molar-refractivity contribution in [3.63, 3.8) is 0 Å². The van der Waals surface area contributed by atoms with Crippen molar-refractivity contribution in [3.8, 4) is 0 Å². The van der Waals surface area contributed by atoms with Crippen LogP contribution in [0.1, 0.15) is 35.5 Å². The fraction of sp³-hybridized carbons (Fsp3) is 0.250.